The first kappa shape index (κ1) is 27.7. The number of rotatable bonds is 12. The summed E-state index contributed by atoms with van der Waals surface area (Å²) < 4.78 is 12.6. The fourth-order valence-electron chi connectivity index (χ4n) is 4.74. The van der Waals surface area contributed by atoms with Crippen LogP contribution in [-0.4, -0.2) is 48.2 Å². The quantitative estimate of drug-likeness (QED) is 0.267. The Labute approximate surface area is 229 Å². The van der Waals surface area contributed by atoms with Crippen LogP contribution in [0.4, 0.5) is 5.69 Å². The van der Waals surface area contributed by atoms with Crippen molar-refractivity contribution < 1.29 is 19.1 Å². The molecule has 8 nitrogen and oxygen atoms in total. The van der Waals surface area contributed by atoms with Crippen molar-refractivity contribution in [1.29, 1.82) is 0 Å². The molecule has 1 aromatic heterocycles. The molecule has 0 aliphatic heterocycles. The highest BCUT2D eigenvalue weighted by molar-refractivity contribution is 5.94. The molecule has 39 heavy (non-hydrogen) atoms. The van der Waals surface area contributed by atoms with Crippen LogP contribution in [0.5, 0.6) is 11.5 Å². The molecular formula is C31H36N4O4. The molecule has 0 saturated heterocycles. The fraction of sp³-hybridized carbons (Fsp3) is 0.323. The summed E-state index contributed by atoms with van der Waals surface area (Å²) in [6.45, 7) is 4.73. The van der Waals surface area contributed by atoms with E-state index in [1.807, 2.05) is 90.0 Å². The van der Waals surface area contributed by atoms with Gasteiger partial charge in [0.2, 0.25) is 11.8 Å². The molecule has 0 bridgehead atoms. The minimum atomic E-state index is -0.0682. The molecule has 0 unspecified atom stereocenters. The Bertz CT molecular complexity index is 1410. The summed E-state index contributed by atoms with van der Waals surface area (Å²) in [6, 6.07) is 23.1. The highest BCUT2D eigenvalue weighted by Crippen LogP contribution is 2.27. The van der Waals surface area contributed by atoms with E-state index in [1.54, 1.807) is 20.3 Å². The summed E-state index contributed by atoms with van der Waals surface area (Å²) in [5, 5.41) is 2.99. The average molecular weight is 529 g/mol. The number of imidazole rings is 1. The second kappa shape index (κ2) is 13.0. The van der Waals surface area contributed by atoms with Gasteiger partial charge in [0.25, 0.3) is 0 Å². The first-order chi connectivity index (χ1) is 18.9. The van der Waals surface area contributed by atoms with Gasteiger partial charge in [-0.3, -0.25) is 9.59 Å². The SMILES string of the molecule is COc1ccc(CC(=O)NCCCc2nc3ccccc3n2CC(=O)N(c2ccccc2)C(C)C)cc1OC. The van der Waals surface area contributed by atoms with Crippen molar-refractivity contribution in [3.8, 4) is 11.5 Å². The summed E-state index contributed by atoms with van der Waals surface area (Å²) in [5.41, 5.74) is 3.50. The largest absolute Gasteiger partial charge is 0.493 e. The van der Waals surface area contributed by atoms with Crippen molar-refractivity contribution in [2.24, 2.45) is 0 Å². The van der Waals surface area contributed by atoms with Crippen molar-refractivity contribution in [2.75, 3.05) is 25.7 Å². The number of methoxy groups -OCH3 is 2. The molecule has 1 heterocycles. The van der Waals surface area contributed by atoms with Crippen LogP contribution in [-0.2, 0) is 29.0 Å². The molecule has 8 heteroatoms. The predicted octanol–water partition coefficient (Wildman–Crippen LogP) is 4.79. The standard InChI is InChI=1S/C31H36N4O4/c1-22(2)35(24-11-6-5-7-12-24)31(37)21-34-26-14-9-8-13-25(26)33-29(34)15-10-18-32-30(36)20-23-16-17-27(38-3)28(19-23)39-4/h5-9,11-14,16-17,19,22H,10,15,18,20-21H2,1-4H3,(H,32,36). The number of benzene rings is 3. The number of hydrogen-bond donors (Lipinski definition) is 1. The van der Waals surface area contributed by atoms with Crippen LogP contribution in [0.15, 0.2) is 72.8 Å². The second-order valence-corrected chi connectivity index (χ2v) is 9.62. The van der Waals surface area contributed by atoms with Gasteiger partial charge < -0.3 is 24.3 Å². The van der Waals surface area contributed by atoms with Gasteiger partial charge in [0.15, 0.2) is 11.5 Å². The second-order valence-electron chi connectivity index (χ2n) is 9.62. The molecule has 4 rings (SSSR count). The zero-order chi connectivity index (χ0) is 27.8. The van der Waals surface area contributed by atoms with Crippen molar-refractivity contribution in [2.45, 2.75) is 45.7 Å². The molecule has 0 aliphatic carbocycles. The maximum atomic E-state index is 13.5. The highest BCUT2D eigenvalue weighted by atomic mass is 16.5. The summed E-state index contributed by atoms with van der Waals surface area (Å²) in [6.07, 6.45) is 1.57. The van der Waals surface area contributed by atoms with E-state index in [-0.39, 0.29) is 30.8 Å². The molecular weight excluding hydrogens is 492 g/mol. The van der Waals surface area contributed by atoms with Gasteiger partial charge in [-0.25, -0.2) is 4.98 Å². The first-order valence-electron chi connectivity index (χ1n) is 13.2. The Morgan fingerprint density at radius 2 is 1.67 bits per heavy atom. The van der Waals surface area contributed by atoms with E-state index in [9.17, 15) is 9.59 Å². The van der Waals surface area contributed by atoms with Gasteiger partial charge in [-0.15, -0.1) is 0 Å². The Kier molecular flexibility index (Phi) is 9.20. The molecule has 0 saturated carbocycles. The predicted molar refractivity (Wildman–Crippen MR) is 153 cm³/mol. The molecule has 0 atom stereocenters. The van der Waals surface area contributed by atoms with Crippen LogP contribution in [0, 0.1) is 0 Å². The third-order valence-electron chi connectivity index (χ3n) is 6.56. The average Bonchev–Trinajstić information content (AvgIpc) is 3.28. The number of para-hydroxylation sites is 3. The summed E-state index contributed by atoms with van der Waals surface area (Å²) in [7, 11) is 3.16. The van der Waals surface area contributed by atoms with Gasteiger partial charge in [0.05, 0.1) is 31.7 Å². The van der Waals surface area contributed by atoms with E-state index in [0.717, 1.165) is 28.1 Å². The summed E-state index contributed by atoms with van der Waals surface area (Å²) in [4.78, 5) is 32.7. The molecule has 0 radical (unpaired) electrons. The number of nitrogens with one attached hydrogen (secondary N) is 1. The number of carbonyl (C=O) groups excluding carboxylic acids is 2. The third kappa shape index (κ3) is 6.76. The number of ether oxygens (including phenoxy) is 2. The lowest BCUT2D eigenvalue weighted by Gasteiger charge is -2.27. The molecule has 2 amide bonds. The lowest BCUT2D eigenvalue weighted by atomic mass is 10.1. The van der Waals surface area contributed by atoms with Crippen molar-refractivity contribution in [1.82, 2.24) is 14.9 Å². The van der Waals surface area contributed by atoms with E-state index in [2.05, 4.69) is 5.32 Å². The van der Waals surface area contributed by atoms with E-state index < -0.39 is 0 Å². The Morgan fingerprint density at radius 3 is 2.38 bits per heavy atom. The molecule has 0 aliphatic rings. The van der Waals surface area contributed by atoms with E-state index in [0.29, 0.717) is 30.9 Å². The minimum absolute atomic E-state index is 0.00354. The number of aryl methyl sites for hydroxylation is 1. The number of fused-ring (bicyclic) bond motifs is 1. The van der Waals surface area contributed by atoms with Crippen LogP contribution in [0.2, 0.25) is 0 Å². The van der Waals surface area contributed by atoms with Gasteiger partial charge in [0.1, 0.15) is 12.4 Å². The molecule has 4 aromatic rings. The number of aromatic nitrogens is 2. The first-order valence-corrected chi connectivity index (χ1v) is 13.2. The lowest BCUT2D eigenvalue weighted by Crippen LogP contribution is -2.39. The maximum absolute atomic E-state index is 13.5. The van der Waals surface area contributed by atoms with E-state index >= 15 is 0 Å². The van der Waals surface area contributed by atoms with Crippen LogP contribution in [0.25, 0.3) is 11.0 Å². The molecule has 3 aromatic carbocycles. The highest BCUT2D eigenvalue weighted by Gasteiger charge is 2.22. The van der Waals surface area contributed by atoms with Crippen molar-refractivity contribution in [3.63, 3.8) is 0 Å². The third-order valence-corrected chi connectivity index (χ3v) is 6.56. The molecule has 1 N–H and O–H groups in total. The van der Waals surface area contributed by atoms with Crippen LogP contribution < -0.4 is 19.7 Å². The topological polar surface area (TPSA) is 85.7 Å². The van der Waals surface area contributed by atoms with Crippen molar-refractivity contribution in [3.05, 3.63) is 84.2 Å². The fourth-order valence-corrected chi connectivity index (χ4v) is 4.74. The number of nitrogens with zero attached hydrogens (tertiary/aromatic N) is 3. The van der Waals surface area contributed by atoms with E-state index in [4.69, 9.17) is 14.5 Å². The smallest absolute Gasteiger partial charge is 0.247 e. The van der Waals surface area contributed by atoms with Gasteiger partial charge in [-0.05, 0) is 62.2 Å². The van der Waals surface area contributed by atoms with Gasteiger partial charge in [-0.1, -0.05) is 36.4 Å². The molecule has 0 fully saturated rings. The number of amides is 2. The summed E-state index contributed by atoms with van der Waals surface area (Å²) in [5.74, 6) is 1.99. The van der Waals surface area contributed by atoms with Crippen LogP contribution >= 0.6 is 0 Å². The van der Waals surface area contributed by atoms with Gasteiger partial charge in [-0.2, -0.15) is 0 Å². The van der Waals surface area contributed by atoms with Crippen molar-refractivity contribution >= 4 is 28.5 Å². The minimum Gasteiger partial charge on any atom is -0.493 e. The maximum Gasteiger partial charge on any atom is 0.247 e. The lowest BCUT2D eigenvalue weighted by molar-refractivity contribution is -0.120. The normalized spacial score (nSPS) is 11.0. The molecule has 204 valence electrons. The zero-order valence-corrected chi connectivity index (χ0v) is 23.0. The van der Waals surface area contributed by atoms with Gasteiger partial charge >= 0.3 is 0 Å². The van der Waals surface area contributed by atoms with Crippen LogP contribution in [0.3, 0.4) is 0 Å². The molecule has 0 spiro atoms. The van der Waals surface area contributed by atoms with Crippen LogP contribution in [0.1, 0.15) is 31.7 Å². The Balaban J connectivity index is 1.41. The number of carbonyl (C=O) groups is 2. The van der Waals surface area contributed by atoms with E-state index in [1.165, 1.54) is 0 Å². The zero-order valence-electron chi connectivity index (χ0n) is 23.0. The Hall–Kier alpha value is -4.33. The van der Waals surface area contributed by atoms with Gasteiger partial charge in [0, 0.05) is 24.7 Å². The number of anilines is 1. The monoisotopic (exact) mass is 528 g/mol. The number of hydrogen-bond acceptors (Lipinski definition) is 5. The summed E-state index contributed by atoms with van der Waals surface area (Å²) >= 11 is 0. The Morgan fingerprint density at radius 1 is 0.949 bits per heavy atom.